The first-order valence-corrected chi connectivity index (χ1v) is 6.45. The summed E-state index contributed by atoms with van der Waals surface area (Å²) in [5.41, 5.74) is -0.245. The molecular formula is C13H24N2. The average molecular weight is 208 g/mol. The van der Waals surface area contributed by atoms with Crippen LogP contribution in [0.1, 0.15) is 65.2 Å². The van der Waals surface area contributed by atoms with Crippen LogP contribution in [0, 0.1) is 11.3 Å². The number of rotatable bonds is 6. The van der Waals surface area contributed by atoms with Crippen LogP contribution in [0.4, 0.5) is 0 Å². The predicted molar refractivity (Wildman–Crippen MR) is 63.6 cm³/mol. The lowest BCUT2D eigenvalue weighted by Gasteiger charge is -2.30. The molecule has 15 heavy (non-hydrogen) atoms. The third-order valence-electron chi connectivity index (χ3n) is 3.61. The lowest BCUT2D eigenvalue weighted by atomic mass is 9.90. The van der Waals surface area contributed by atoms with Gasteiger partial charge in [-0.3, -0.25) is 5.32 Å². The molecule has 0 amide bonds. The number of nitrogens with one attached hydrogen (secondary N) is 1. The van der Waals surface area contributed by atoms with Gasteiger partial charge in [0, 0.05) is 6.04 Å². The molecule has 0 heterocycles. The molecule has 0 radical (unpaired) electrons. The highest BCUT2D eigenvalue weighted by Crippen LogP contribution is 2.24. The highest BCUT2D eigenvalue weighted by atomic mass is 15.0. The molecular weight excluding hydrogens is 184 g/mol. The Morgan fingerprint density at radius 2 is 2.00 bits per heavy atom. The standard InChI is InChI=1S/C13H24N2/c1-3-5-10-13(4-2,11-14)15-12-8-6-7-9-12/h12,15H,3-10H2,1-2H3. The Labute approximate surface area is 94.1 Å². The third kappa shape index (κ3) is 3.50. The van der Waals surface area contributed by atoms with E-state index in [9.17, 15) is 5.26 Å². The second-order valence-electron chi connectivity index (χ2n) is 4.78. The largest absolute Gasteiger partial charge is 0.297 e. The summed E-state index contributed by atoms with van der Waals surface area (Å²) < 4.78 is 0. The smallest absolute Gasteiger partial charge is 0.106 e. The molecule has 0 spiro atoms. The zero-order chi connectivity index (χ0) is 11.1. The summed E-state index contributed by atoms with van der Waals surface area (Å²) in [6.07, 6.45) is 9.45. The van der Waals surface area contributed by atoms with Gasteiger partial charge in [-0.15, -0.1) is 0 Å². The fourth-order valence-corrected chi connectivity index (χ4v) is 2.46. The van der Waals surface area contributed by atoms with Gasteiger partial charge in [0.25, 0.3) is 0 Å². The number of nitriles is 1. The van der Waals surface area contributed by atoms with E-state index in [4.69, 9.17) is 0 Å². The van der Waals surface area contributed by atoms with Gasteiger partial charge in [-0.2, -0.15) is 5.26 Å². The average Bonchev–Trinajstić information content (AvgIpc) is 2.77. The molecule has 1 N–H and O–H groups in total. The minimum Gasteiger partial charge on any atom is -0.297 e. The van der Waals surface area contributed by atoms with Crippen molar-refractivity contribution in [1.29, 1.82) is 5.26 Å². The quantitative estimate of drug-likeness (QED) is 0.726. The zero-order valence-corrected chi connectivity index (χ0v) is 10.2. The van der Waals surface area contributed by atoms with Crippen molar-refractivity contribution in [1.82, 2.24) is 5.32 Å². The molecule has 1 rings (SSSR count). The summed E-state index contributed by atoms with van der Waals surface area (Å²) in [6, 6.07) is 3.11. The lowest BCUT2D eigenvalue weighted by Crippen LogP contribution is -2.48. The summed E-state index contributed by atoms with van der Waals surface area (Å²) in [5, 5.41) is 13.0. The van der Waals surface area contributed by atoms with Crippen molar-refractivity contribution in [2.75, 3.05) is 0 Å². The van der Waals surface area contributed by atoms with Gasteiger partial charge in [-0.25, -0.2) is 0 Å². The van der Waals surface area contributed by atoms with E-state index in [1.165, 1.54) is 32.1 Å². The molecule has 0 aliphatic heterocycles. The summed E-state index contributed by atoms with van der Waals surface area (Å²) in [6.45, 7) is 4.31. The molecule has 1 saturated carbocycles. The molecule has 0 aromatic rings. The van der Waals surface area contributed by atoms with E-state index in [1.54, 1.807) is 0 Å². The van der Waals surface area contributed by atoms with E-state index in [0.29, 0.717) is 6.04 Å². The number of unbranched alkanes of at least 4 members (excludes halogenated alkanes) is 1. The fourth-order valence-electron chi connectivity index (χ4n) is 2.46. The molecule has 1 unspecified atom stereocenters. The Bertz CT molecular complexity index is 213. The van der Waals surface area contributed by atoms with Crippen molar-refractivity contribution >= 4 is 0 Å². The van der Waals surface area contributed by atoms with Gasteiger partial charge in [-0.1, -0.05) is 39.5 Å². The summed E-state index contributed by atoms with van der Waals surface area (Å²) in [5.74, 6) is 0. The molecule has 0 bridgehead atoms. The Morgan fingerprint density at radius 1 is 1.33 bits per heavy atom. The Kier molecular flexibility index (Phi) is 5.11. The number of hydrogen-bond acceptors (Lipinski definition) is 2. The van der Waals surface area contributed by atoms with E-state index in [-0.39, 0.29) is 5.54 Å². The topological polar surface area (TPSA) is 35.8 Å². The first-order valence-electron chi connectivity index (χ1n) is 6.45. The molecule has 1 atom stereocenters. The first kappa shape index (κ1) is 12.5. The third-order valence-corrected chi connectivity index (χ3v) is 3.61. The minimum absolute atomic E-state index is 0.245. The maximum absolute atomic E-state index is 9.35. The van der Waals surface area contributed by atoms with Gasteiger partial charge in [0.2, 0.25) is 0 Å². The van der Waals surface area contributed by atoms with Crippen molar-refractivity contribution in [3.8, 4) is 6.07 Å². The summed E-state index contributed by atoms with van der Waals surface area (Å²) in [4.78, 5) is 0. The number of nitrogens with zero attached hydrogens (tertiary/aromatic N) is 1. The zero-order valence-electron chi connectivity index (χ0n) is 10.2. The highest BCUT2D eigenvalue weighted by molar-refractivity contribution is 5.07. The van der Waals surface area contributed by atoms with Crippen LogP contribution in [0.3, 0.4) is 0 Å². The van der Waals surface area contributed by atoms with Gasteiger partial charge in [0.15, 0.2) is 0 Å². The van der Waals surface area contributed by atoms with E-state index in [2.05, 4.69) is 25.2 Å². The second-order valence-corrected chi connectivity index (χ2v) is 4.78. The molecule has 1 aliphatic rings. The molecule has 2 nitrogen and oxygen atoms in total. The molecule has 0 saturated heterocycles. The van der Waals surface area contributed by atoms with Crippen molar-refractivity contribution < 1.29 is 0 Å². The minimum atomic E-state index is -0.245. The maximum atomic E-state index is 9.35. The molecule has 0 aromatic heterocycles. The Balaban J connectivity index is 2.50. The van der Waals surface area contributed by atoms with Gasteiger partial charge in [0.1, 0.15) is 5.54 Å². The van der Waals surface area contributed by atoms with Crippen LogP contribution >= 0.6 is 0 Å². The normalized spacial score (nSPS) is 21.1. The van der Waals surface area contributed by atoms with Crippen molar-refractivity contribution in [3.05, 3.63) is 0 Å². The molecule has 0 aromatic carbocycles. The predicted octanol–water partition coefficient (Wildman–Crippen LogP) is 3.38. The van der Waals surface area contributed by atoms with Gasteiger partial charge >= 0.3 is 0 Å². The van der Waals surface area contributed by atoms with Crippen LogP contribution in [0.2, 0.25) is 0 Å². The lowest BCUT2D eigenvalue weighted by molar-refractivity contribution is 0.318. The fraction of sp³-hybridized carbons (Fsp3) is 0.923. The monoisotopic (exact) mass is 208 g/mol. The van der Waals surface area contributed by atoms with E-state index in [0.717, 1.165) is 19.3 Å². The molecule has 2 heteroatoms. The van der Waals surface area contributed by atoms with Gasteiger partial charge in [0.05, 0.1) is 6.07 Å². The van der Waals surface area contributed by atoms with E-state index < -0.39 is 0 Å². The maximum Gasteiger partial charge on any atom is 0.106 e. The Morgan fingerprint density at radius 3 is 2.47 bits per heavy atom. The SMILES string of the molecule is CCCCC(C#N)(CC)NC1CCCC1. The van der Waals surface area contributed by atoms with Crippen LogP contribution in [0.15, 0.2) is 0 Å². The van der Waals surface area contributed by atoms with Crippen molar-refractivity contribution in [2.45, 2.75) is 76.8 Å². The van der Waals surface area contributed by atoms with Crippen LogP contribution in [-0.2, 0) is 0 Å². The van der Waals surface area contributed by atoms with Crippen LogP contribution in [0.5, 0.6) is 0 Å². The van der Waals surface area contributed by atoms with Gasteiger partial charge < -0.3 is 0 Å². The molecule has 86 valence electrons. The van der Waals surface area contributed by atoms with Gasteiger partial charge in [-0.05, 0) is 25.7 Å². The van der Waals surface area contributed by atoms with Crippen molar-refractivity contribution in [3.63, 3.8) is 0 Å². The second kappa shape index (κ2) is 6.12. The van der Waals surface area contributed by atoms with Crippen LogP contribution in [-0.4, -0.2) is 11.6 Å². The van der Waals surface area contributed by atoms with E-state index >= 15 is 0 Å². The highest BCUT2D eigenvalue weighted by Gasteiger charge is 2.30. The first-order chi connectivity index (χ1) is 7.26. The summed E-state index contributed by atoms with van der Waals surface area (Å²) in [7, 11) is 0. The van der Waals surface area contributed by atoms with Crippen LogP contribution in [0.25, 0.3) is 0 Å². The van der Waals surface area contributed by atoms with E-state index in [1.807, 2.05) is 0 Å². The molecule has 1 aliphatic carbocycles. The summed E-state index contributed by atoms with van der Waals surface area (Å²) >= 11 is 0. The van der Waals surface area contributed by atoms with Crippen LogP contribution < -0.4 is 5.32 Å². The Hall–Kier alpha value is -0.550. The number of hydrogen-bond donors (Lipinski definition) is 1. The molecule has 1 fully saturated rings. The van der Waals surface area contributed by atoms with Crippen molar-refractivity contribution in [2.24, 2.45) is 0 Å².